The van der Waals surface area contributed by atoms with Gasteiger partial charge >= 0.3 is 5.97 Å². The monoisotopic (exact) mass is 525 g/mol. The minimum atomic E-state index is -1.13. The van der Waals surface area contributed by atoms with Crippen LogP contribution in [0, 0.1) is 5.92 Å². The molecule has 0 aliphatic carbocycles. The number of amides is 2. The molecule has 0 unspecified atom stereocenters. The van der Waals surface area contributed by atoms with Gasteiger partial charge in [0.15, 0.2) is 5.96 Å². The highest BCUT2D eigenvalue weighted by Crippen LogP contribution is 2.14. The lowest BCUT2D eigenvalue weighted by Crippen LogP contribution is -2.54. The van der Waals surface area contributed by atoms with Crippen LogP contribution in [0.3, 0.4) is 0 Å². The lowest BCUT2D eigenvalue weighted by Gasteiger charge is -2.25. The fraction of sp³-hybridized carbons (Fsp3) is 0.857. The predicted octanol–water partition coefficient (Wildman–Crippen LogP) is 4.62. The van der Waals surface area contributed by atoms with E-state index in [1.807, 2.05) is 13.8 Å². The number of hydrogen-bond acceptors (Lipinski definition) is 4. The zero-order chi connectivity index (χ0) is 27.9. The fourth-order valence-electron chi connectivity index (χ4n) is 4.27. The van der Waals surface area contributed by atoms with E-state index in [2.05, 4.69) is 22.5 Å². The molecule has 0 aromatic heterocycles. The maximum absolute atomic E-state index is 12.9. The summed E-state index contributed by atoms with van der Waals surface area (Å²) in [5.74, 6) is -1.93. The quantitative estimate of drug-likeness (QED) is 0.0702. The van der Waals surface area contributed by atoms with Crippen LogP contribution in [-0.2, 0) is 14.4 Å². The average Bonchev–Trinajstić information content (AvgIpc) is 2.86. The molecular formula is C28H55N5O4. The number of aliphatic carboxylic acids is 1. The number of nitrogens with zero attached hydrogens (tertiary/aromatic N) is 1. The molecule has 9 heteroatoms. The molecule has 0 saturated carbocycles. The summed E-state index contributed by atoms with van der Waals surface area (Å²) in [6, 6.07) is -1.83. The van der Waals surface area contributed by atoms with Crippen LogP contribution >= 0.6 is 0 Å². The zero-order valence-electron chi connectivity index (χ0n) is 23.7. The Hall–Kier alpha value is -2.32. The van der Waals surface area contributed by atoms with Gasteiger partial charge in [0.2, 0.25) is 11.8 Å². The van der Waals surface area contributed by atoms with Crippen molar-refractivity contribution in [2.45, 2.75) is 142 Å². The first-order valence-corrected chi connectivity index (χ1v) is 14.6. The average molecular weight is 526 g/mol. The molecule has 0 saturated heterocycles. The molecule has 0 radical (unpaired) electrons. The number of guanidine groups is 1. The van der Waals surface area contributed by atoms with E-state index in [9.17, 15) is 19.5 Å². The van der Waals surface area contributed by atoms with Gasteiger partial charge in [-0.1, -0.05) is 104 Å². The number of carbonyl (C=O) groups is 3. The van der Waals surface area contributed by atoms with Gasteiger partial charge in [-0.15, -0.1) is 0 Å². The summed E-state index contributed by atoms with van der Waals surface area (Å²) in [5, 5.41) is 14.9. The van der Waals surface area contributed by atoms with Crippen molar-refractivity contribution in [2.24, 2.45) is 22.4 Å². The Balaban J connectivity index is 4.27. The van der Waals surface area contributed by atoms with Crippen LogP contribution in [0.5, 0.6) is 0 Å². The van der Waals surface area contributed by atoms with Gasteiger partial charge in [0.25, 0.3) is 0 Å². The smallest absolute Gasteiger partial charge is 0.326 e. The van der Waals surface area contributed by atoms with Crippen molar-refractivity contribution >= 4 is 23.7 Å². The fourth-order valence-corrected chi connectivity index (χ4v) is 4.27. The molecular weight excluding hydrogens is 470 g/mol. The molecule has 2 amide bonds. The molecule has 0 aromatic carbocycles. The Morgan fingerprint density at radius 1 is 0.784 bits per heavy atom. The molecule has 0 aliphatic heterocycles. The summed E-state index contributed by atoms with van der Waals surface area (Å²) in [6.07, 6.45) is 17.8. The highest BCUT2D eigenvalue weighted by atomic mass is 16.4. The van der Waals surface area contributed by atoms with Crippen LogP contribution in [0.1, 0.15) is 130 Å². The number of unbranched alkanes of at least 4 members (excludes halogenated alkanes) is 12. The largest absolute Gasteiger partial charge is 0.480 e. The van der Waals surface area contributed by atoms with Gasteiger partial charge < -0.3 is 27.2 Å². The summed E-state index contributed by atoms with van der Waals surface area (Å²) in [4.78, 5) is 40.8. The van der Waals surface area contributed by atoms with Gasteiger partial charge in [0.05, 0.1) is 0 Å². The number of carboxylic acids is 1. The summed E-state index contributed by atoms with van der Waals surface area (Å²) in [7, 11) is 0. The van der Waals surface area contributed by atoms with Crippen LogP contribution < -0.4 is 22.1 Å². The Bertz CT molecular complexity index is 652. The number of nitrogens with two attached hydrogens (primary N) is 2. The van der Waals surface area contributed by atoms with Crippen molar-refractivity contribution < 1.29 is 19.5 Å². The predicted molar refractivity (Wildman–Crippen MR) is 151 cm³/mol. The number of carboxylic acid groups (broad SMARTS) is 1. The first kappa shape index (κ1) is 34.7. The van der Waals surface area contributed by atoms with Gasteiger partial charge in [-0.25, -0.2) is 4.79 Å². The lowest BCUT2D eigenvalue weighted by atomic mass is 9.97. The Morgan fingerprint density at radius 3 is 1.76 bits per heavy atom. The standard InChI is InChI=1S/C28H55N5O4/c1-4-6-7-8-9-10-11-12-13-14-15-16-17-20-24(34)33-25(22(3)5-2)26(35)32-23(27(36)37)19-18-21-31-28(29)30/h22-23,25H,4-21H2,1-3H3,(H,32,35)(H,33,34)(H,36,37)(H4,29,30,31)/t22-,23-,25-/m0/s1. The third-order valence-electron chi connectivity index (χ3n) is 6.88. The molecule has 0 heterocycles. The summed E-state index contributed by atoms with van der Waals surface area (Å²) in [6.45, 7) is 6.35. The highest BCUT2D eigenvalue weighted by Gasteiger charge is 2.29. The van der Waals surface area contributed by atoms with Gasteiger partial charge in [-0.3, -0.25) is 14.6 Å². The van der Waals surface area contributed by atoms with E-state index in [0.29, 0.717) is 19.3 Å². The Labute approximate surface area is 225 Å². The SMILES string of the molecule is CCCCCCCCCCCCCCCC(=O)N[C@H](C(=O)N[C@@H](CCCN=C(N)N)C(=O)O)[C@@H](C)CC. The van der Waals surface area contributed by atoms with E-state index in [1.165, 1.54) is 64.2 Å². The maximum atomic E-state index is 12.9. The van der Waals surface area contributed by atoms with Crippen molar-refractivity contribution in [3.05, 3.63) is 0 Å². The van der Waals surface area contributed by atoms with E-state index in [1.54, 1.807) is 0 Å². The van der Waals surface area contributed by atoms with Crippen LogP contribution in [0.25, 0.3) is 0 Å². The second-order valence-corrected chi connectivity index (χ2v) is 10.3. The molecule has 0 bridgehead atoms. The zero-order valence-corrected chi connectivity index (χ0v) is 23.7. The number of nitrogens with one attached hydrogen (secondary N) is 2. The summed E-state index contributed by atoms with van der Waals surface area (Å²) in [5.41, 5.74) is 10.6. The molecule has 216 valence electrons. The van der Waals surface area contributed by atoms with E-state index >= 15 is 0 Å². The molecule has 9 nitrogen and oxygen atoms in total. The molecule has 7 N–H and O–H groups in total. The molecule has 3 atom stereocenters. The normalized spacial score (nSPS) is 13.4. The molecule has 37 heavy (non-hydrogen) atoms. The van der Waals surface area contributed by atoms with Crippen LogP contribution in [-0.4, -0.2) is 47.5 Å². The molecule has 0 fully saturated rings. The molecule has 0 aliphatic rings. The second-order valence-electron chi connectivity index (χ2n) is 10.3. The first-order chi connectivity index (χ1) is 17.7. The van der Waals surface area contributed by atoms with Crippen molar-refractivity contribution in [2.75, 3.05) is 6.54 Å². The Kier molecular flexibility index (Phi) is 21.4. The van der Waals surface area contributed by atoms with Crippen molar-refractivity contribution in [1.29, 1.82) is 0 Å². The van der Waals surface area contributed by atoms with Gasteiger partial charge in [0.1, 0.15) is 12.1 Å². The second kappa shape index (κ2) is 22.8. The lowest BCUT2D eigenvalue weighted by molar-refractivity contribution is -0.142. The van der Waals surface area contributed by atoms with Crippen molar-refractivity contribution in [1.82, 2.24) is 10.6 Å². The highest BCUT2D eigenvalue weighted by molar-refractivity contribution is 5.90. The summed E-state index contributed by atoms with van der Waals surface area (Å²) < 4.78 is 0. The third kappa shape index (κ3) is 19.5. The van der Waals surface area contributed by atoms with E-state index in [4.69, 9.17) is 11.5 Å². The van der Waals surface area contributed by atoms with E-state index < -0.39 is 24.0 Å². The molecule has 0 rings (SSSR count). The van der Waals surface area contributed by atoms with Crippen molar-refractivity contribution in [3.8, 4) is 0 Å². The minimum absolute atomic E-state index is 0.0565. The van der Waals surface area contributed by atoms with Gasteiger partial charge in [-0.2, -0.15) is 0 Å². The van der Waals surface area contributed by atoms with Crippen LogP contribution in [0.15, 0.2) is 4.99 Å². The maximum Gasteiger partial charge on any atom is 0.326 e. The number of hydrogen-bond donors (Lipinski definition) is 5. The summed E-state index contributed by atoms with van der Waals surface area (Å²) >= 11 is 0. The van der Waals surface area contributed by atoms with Crippen LogP contribution in [0.2, 0.25) is 0 Å². The molecule has 0 spiro atoms. The van der Waals surface area contributed by atoms with E-state index in [0.717, 1.165) is 19.3 Å². The van der Waals surface area contributed by atoms with Crippen LogP contribution in [0.4, 0.5) is 0 Å². The van der Waals surface area contributed by atoms with Gasteiger partial charge in [-0.05, 0) is 25.2 Å². The number of carbonyl (C=O) groups excluding carboxylic acids is 2. The minimum Gasteiger partial charge on any atom is -0.480 e. The van der Waals surface area contributed by atoms with E-state index in [-0.39, 0.29) is 30.8 Å². The molecule has 0 aromatic rings. The topological polar surface area (TPSA) is 160 Å². The van der Waals surface area contributed by atoms with Crippen molar-refractivity contribution in [3.63, 3.8) is 0 Å². The number of rotatable bonds is 24. The number of aliphatic imine (C=N–C) groups is 1. The van der Waals surface area contributed by atoms with Gasteiger partial charge in [0, 0.05) is 13.0 Å². The first-order valence-electron chi connectivity index (χ1n) is 14.6. The third-order valence-corrected chi connectivity index (χ3v) is 6.88. The Morgan fingerprint density at radius 2 is 1.30 bits per heavy atom.